The minimum atomic E-state index is -1.14. The maximum absolute atomic E-state index is 13.3. The summed E-state index contributed by atoms with van der Waals surface area (Å²) in [7, 11) is 0. The molecule has 0 saturated carbocycles. The fourth-order valence-electron chi connectivity index (χ4n) is 1.61. The molecule has 1 atom stereocenters. The molecule has 1 aromatic rings. The summed E-state index contributed by atoms with van der Waals surface area (Å²) in [6.45, 7) is 1.56. The van der Waals surface area contributed by atoms with Crippen LogP contribution in [0.2, 0.25) is 0 Å². The highest BCUT2D eigenvalue weighted by atomic mass is 19.1. The van der Waals surface area contributed by atoms with Crippen LogP contribution in [0.15, 0.2) is 18.2 Å². The van der Waals surface area contributed by atoms with Crippen molar-refractivity contribution >= 4 is 12.0 Å². The number of carbonyl (C=O) groups is 2. The normalized spacial score (nSPS) is 11.8. The topological polar surface area (TPSA) is 78.4 Å². The molecule has 0 unspecified atom stereocenters. The minimum absolute atomic E-state index is 0.0116. The third kappa shape index (κ3) is 4.83. The van der Waals surface area contributed by atoms with Gasteiger partial charge in [-0.25, -0.2) is 18.4 Å². The zero-order chi connectivity index (χ0) is 15.1. The van der Waals surface area contributed by atoms with Crippen LogP contribution in [0, 0.1) is 11.6 Å². The fourth-order valence-corrected chi connectivity index (χ4v) is 1.61. The molecule has 0 fully saturated rings. The van der Waals surface area contributed by atoms with Crippen LogP contribution in [-0.4, -0.2) is 23.1 Å². The molecule has 0 radical (unpaired) electrons. The van der Waals surface area contributed by atoms with Crippen LogP contribution in [0.1, 0.15) is 25.3 Å². The molecule has 3 N–H and O–H groups in total. The third-order valence-corrected chi connectivity index (χ3v) is 2.63. The number of rotatable bonds is 6. The Hall–Kier alpha value is -2.18. The van der Waals surface area contributed by atoms with E-state index in [1.165, 1.54) is 0 Å². The summed E-state index contributed by atoms with van der Waals surface area (Å²) in [5.74, 6) is -2.40. The Bertz CT molecular complexity index is 495. The highest BCUT2D eigenvalue weighted by Crippen LogP contribution is 2.09. The smallest absolute Gasteiger partial charge is 0.326 e. The van der Waals surface area contributed by atoms with Gasteiger partial charge in [0.2, 0.25) is 0 Å². The second kappa shape index (κ2) is 7.42. The summed E-state index contributed by atoms with van der Waals surface area (Å²) in [6.07, 6.45) is 0.882. The Morgan fingerprint density at radius 3 is 2.65 bits per heavy atom. The number of benzene rings is 1. The lowest BCUT2D eigenvalue weighted by Gasteiger charge is -2.14. The number of aliphatic carboxylic acids is 1. The number of amides is 2. The monoisotopic (exact) mass is 286 g/mol. The van der Waals surface area contributed by atoms with Crippen molar-refractivity contribution in [1.82, 2.24) is 10.6 Å². The molecular formula is C13H16F2N2O3. The first-order valence-corrected chi connectivity index (χ1v) is 6.15. The molecule has 0 bridgehead atoms. The number of hydrogen-bond acceptors (Lipinski definition) is 2. The molecule has 0 spiro atoms. The highest BCUT2D eigenvalue weighted by Gasteiger charge is 2.18. The largest absolute Gasteiger partial charge is 0.480 e. The van der Waals surface area contributed by atoms with Crippen LogP contribution >= 0.6 is 0 Å². The van der Waals surface area contributed by atoms with Gasteiger partial charge in [0.15, 0.2) is 0 Å². The van der Waals surface area contributed by atoms with Crippen LogP contribution in [0.25, 0.3) is 0 Å². The van der Waals surface area contributed by atoms with Crippen molar-refractivity contribution in [1.29, 1.82) is 0 Å². The standard InChI is InChI=1S/C13H16F2N2O3/c1-2-3-11(12(18)19)17-13(20)16-7-8-6-9(14)4-5-10(8)15/h4-6,11H,2-3,7H2,1H3,(H,18,19)(H2,16,17,20)/t11-/m1/s1. The second-order valence-electron chi connectivity index (χ2n) is 4.24. The minimum Gasteiger partial charge on any atom is -0.480 e. The van der Waals surface area contributed by atoms with E-state index in [1.807, 2.05) is 0 Å². The quantitative estimate of drug-likeness (QED) is 0.748. The molecule has 0 aliphatic carbocycles. The summed E-state index contributed by atoms with van der Waals surface area (Å²) < 4.78 is 26.2. The second-order valence-corrected chi connectivity index (χ2v) is 4.24. The van der Waals surface area contributed by atoms with Crippen LogP contribution in [0.4, 0.5) is 13.6 Å². The Kier molecular flexibility index (Phi) is 5.89. The molecule has 1 aromatic carbocycles. The first kappa shape index (κ1) is 15.9. The van der Waals surface area contributed by atoms with E-state index in [-0.39, 0.29) is 18.5 Å². The van der Waals surface area contributed by atoms with Crippen molar-refractivity contribution in [3.8, 4) is 0 Å². The summed E-state index contributed by atoms with van der Waals surface area (Å²) in [6, 6.07) is 1.16. The van der Waals surface area contributed by atoms with Crippen molar-refractivity contribution in [3.63, 3.8) is 0 Å². The fraction of sp³-hybridized carbons (Fsp3) is 0.385. The average molecular weight is 286 g/mol. The molecule has 1 rings (SSSR count). The van der Waals surface area contributed by atoms with E-state index in [1.54, 1.807) is 6.92 Å². The Labute approximate surface area is 115 Å². The van der Waals surface area contributed by atoms with Crippen molar-refractivity contribution in [2.24, 2.45) is 0 Å². The number of halogens is 2. The molecule has 0 heterocycles. The predicted molar refractivity (Wildman–Crippen MR) is 68.1 cm³/mol. The molecule has 7 heteroatoms. The first-order chi connectivity index (χ1) is 9.43. The van der Waals surface area contributed by atoms with Crippen molar-refractivity contribution in [2.75, 3.05) is 0 Å². The van der Waals surface area contributed by atoms with Gasteiger partial charge in [-0.05, 0) is 24.6 Å². The van der Waals surface area contributed by atoms with Gasteiger partial charge in [-0.1, -0.05) is 13.3 Å². The zero-order valence-corrected chi connectivity index (χ0v) is 11.0. The number of carbonyl (C=O) groups excluding carboxylic acids is 1. The van der Waals surface area contributed by atoms with Crippen molar-refractivity contribution in [2.45, 2.75) is 32.4 Å². The van der Waals surface area contributed by atoms with E-state index < -0.39 is 29.7 Å². The number of urea groups is 1. The Morgan fingerprint density at radius 1 is 1.35 bits per heavy atom. The van der Waals surface area contributed by atoms with E-state index in [2.05, 4.69) is 10.6 Å². The Morgan fingerprint density at radius 2 is 2.05 bits per heavy atom. The zero-order valence-electron chi connectivity index (χ0n) is 11.0. The average Bonchev–Trinajstić information content (AvgIpc) is 2.39. The van der Waals surface area contributed by atoms with Crippen molar-refractivity contribution in [3.05, 3.63) is 35.4 Å². The SMILES string of the molecule is CCC[C@@H](NC(=O)NCc1cc(F)ccc1F)C(=O)O. The number of carboxylic acid groups (broad SMARTS) is 1. The van der Waals surface area contributed by atoms with Crippen molar-refractivity contribution < 1.29 is 23.5 Å². The molecule has 2 amide bonds. The lowest BCUT2D eigenvalue weighted by molar-refractivity contribution is -0.139. The van der Waals surface area contributed by atoms with Crippen LogP contribution in [0.3, 0.4) is 0 Å². The maximum Gasteiger partial charge on any atom is 0.326 e. The first-order valence-electron chi connectivity index (χ1n) is 6.15. The van der Waals surface area contributed by atoms with Crippen LogP contribution < -0.4 is 10.6 Å². The molecule has 110 valence electrons. The van der Waals surface area contributed by atoms with Gasteiger partial charge in [-0.2, -0.15) is 0 Å². The summed E-state index contributed by atoms with van der Waals surface area (Å²) in [4.78, 5) is 22.3. The molecule has 5 nitrogen and oxygen atoms in total. The molecule has 0 aliphatic heterocycles. The maximum atomic E-state index is 13.3. The van der Waals surface area contributed by atoms with Gasteiger partial charge in [0.05, 0.1) is 0 Å². The number of nitrogens with one attached hydrogen (secondary N) is 2. The van der Waals surface area contributed by atoms with Gasteiger partial charge in [0, 0.05) is 12.1 Å². The summed E-state index contributed by atoms with van der Waals surface area (Å²) >= 11 is 0. The lowest BCUT2D eigenvalue weighted by Crippen LogP contribution is -2.45. The lowest BCUT2D eigenvalue weighted by atomic mass is 10.2. The third-order valence-electron chi connectivity index (χ3n) is 2.63. The van der Waals surface area contributed by atoms with E-state index >= 15 is 0 Å². The van der Waals surface area contributed by atoms with Gasteiger partial charge in [-0.15, -0.1) is 0 Å². The predicted octanol–water partition coefficient (Wildman–Crippen LogP) is 2.02. The van der Waals surface area contributed by atoms with Gasteiger partial charge >= 0.3 is 12.0 Å². The molecular weight excluding hydrogens is 270 g/mol. The van der Waals surface area contributed by atoms with E-state index in [0.29, 0.717) is 6.42 Å². The van der Waals surface area contributed by atoms with Crippen LogP contribution in [-0.2, 0) is 11.3 Å². The number of hydrogen-bond donors (Lipinski definition) is 3. The summed E-state index contributed by atoms with van der Waals surface area (Å²) in [5, 5.41) is 13.4. The van der Waals surface area contributed by atoms with Crippen LogP contribution in [0.5, 0.6) is 0 Å². The van der Waals surface area contributed by atoms with Gasteiger partial charge in [0.1, 0.15) is 17.7 Å². The van der Waals surface area contributed by atoms with Gasteiger partial charge in [0.25, 0.3) is 0 Å². The van der Waals surface area contributed by atoms with Gasteiger partial charge in [-0.3, -0.25) is 0 Å². The van der Waals surface area contributed by atoms with E-state index in [4.69, 9.17) is 5.11 Å². The van der Waals surface area contributed by atoms with Gasteiger partial charge < -0.3 is 15.7 Å². The summed E-state index contributed by atoms with van der Waals surface area (Å²) in [5.41, 5.74) is -0.0116. The Balaban J connectivity index is 2.54. The molecule has 0 aromatic heterocycles. The van der Waals surface area contributed by atoms with E-state index in [0.717, 1.165) is 18.2 Å². The number of carboxylic acids is 1. The van der Waals surface area contributed by atoms with E-state index in [9.17, 15) is 18.4 Å². The highest BCUT2D eigenvalue weighted by molar-refractivity contribution is 5.82. The molecule has 0 saturated heterocycles. The molecule has 0 aliphatic rings. The molecule has 20 heavy (non-hydrogen) atoms.